The molecule has 1 heterocycles. The Balaban J connectivity index is 2.23. The Labute approximate surface area is 121 Å². The van der Waals surface area contributed by atoms with E-state index in [2.05, 4.69) is 10.3 Å². The molecule has 20 heavy (non-hydrogen) atoms. The summed E-state index contributed by atoms with van der Waals surface area (Å²) in [6.07, 6.45) is -0.524. The number of hydrogen-bond acceptors (Lipinski definition) is 4. The lowest BCUT2D eigenvalue weighted by Gasteiger charge is -2.22. The van der Waals surface area contributed by atoms with Crippen molar-refractivity contribution in [1.29, 1.82) is 0 Å². The predicted molar refractivity (Wildman–Crippen MR) is 75.4 cm³/mol. The third kappa shape index (κ3) is 3.63. The first-order chi connectivity index (χ1) is 9.44. The third-order valence-electron chi connectivity index (χ3n) is 3.43. The molecule has 2 rings (SSSR count). The summed E-state index contributed by atoms with van der Waals surface area (Å²) < 4.78 is 38.0. The van der Waals surface area contributed by atoms with Crippen LogP contribution in [0.3, 0.4) is 0 Å². The monoisotopic (exact) mass is 307 g/mol. The highest BCUT2D eigenvalue weighted by Crippen LogP contribution is 2.37. The van der Waals surface area contributed by atoms with Gasteiger partial charge in [-0.2, -0.15) is 13.2 Å². The van der Waals surface area contributed by atoms with E-state index in [1.165, 1.54) is 16.2 Å². The van der Waals surface area contributed by atoms with Crippen LogP contribution in [0.2, 0.25) is 0 Å². The van der Waals surface area contributed by atoms with E-state index in [9.17, 15) is 13.2 Å². The third-order valence-corrected chi connectivity index (χ3v) is 4.62. The minimum absolute atomic E-state index is 0.179. The van der Waals surface area contributed by atoms with Crippen LogP contribution in [0.5, 0.6) is 0 Å². The Morgan fingerprint density at radius 3 is 2.80 bits per heavy atom. The number of aromatic nitrogens is 1. The first-order valence-electron chi connectivity index (χ1n) is 6.93. The summed E-state index contributed by atoms with van der Waals surface area (Å²) >= 11 is 1.42. The van der Waals surface area contributed by atoms with E-state index < -0.39 is 12.7 Å². The second-order valence-corrected chi connectivity index (χ2v) is 6.14. The second kappa shape index (κ2) is 6.30. The quantitative estimate of drug-likeness (QED) is 0.902. The van der Waals surface area contributed by atoms with Gasteiger partial charge in [0, 0.05) is 11.4 Å². The molecular weight excluding hydrogens is 287 g/mol. The lowest BCUT2D eigenvalue weighted by atomic mass is 9.98. The topological polar surface area (TPSA) is 28.2 Å². The number of alkyl halides is 3. The molecule has 114 valence electrons. The molecule has 0 radical (unpaired) electrons. The molecule has 0 spiro atoms. The number of thiazole rings is 1. The molecule has 1 aliphatic rings. The number of rotatable bonds is 5. The van der Waals surface area contributed by atoms with Gasteiger partial charge in [-0.25, -0.2) is 4.98 Å². The van der Waals surface area contributed by atoms with E-state index in [0.29, 0.717) is 18.1 Å². The standard InChI is InChI=1S/C13H20F3N3S/c1-3-7-19(8-13(14,15)16)12-18-11-9(17-2)5-4-6-10(11)20-12/h9,17H,3-8H2,1-2H3. The maximum absolute atomic E-state index is 12.7. The van der Waals surface area contributed by atoms with Crippen molar-refractivity contribution >= 4 is 16.5 Å². The zero-order valence-electron chi connectivity index (χ0n) is 11.8. The number of fused-ring (bicyclic) bond motifs is 1. The highest BCUT2D eigenvalue weighted by Gasteiger charge is 2.33. The van der Waals surface area contributed by atoms with Gasteiger partial charge in [-0.15, -0.1) is 11.3 Å². The van der Waals surface area contributed by atoms with E-state index in [-0.39, 0.29) is 6.04 Å². The van der Waals surface area contributed by atoms with Crippen LogP contribution in [0.25, 0.3) is 0 Å². The van der Waals surface area contributed by atoms with E-state index in [0.717, 1.165) is 29.8 Å². The van der Waals surface area contributed by atoms with Crippen molar-refractivity contribution in [2.45, 2.75) is 44.8 Å². The molecule has 0 aromatic carbocycles. The van der Waals surface area contributed by atoms with Crippen LogP contribution in [-0.2, 0) is 6.42 Å². The molecule has 1 N–H and O–H groups in total. The number of nitrogens with one attached hydrogen (secondary N) is 1. The van der Waals surface area contributed by atoms with Gasteiger partial charge in [-0.05, 0) is 32.7 Å². The average Bonchev–Trinajstić information content (AvgIpc) is 2.80. The second-order valence-electron chi connectivity index (χ2n) is 5.08. The molecule has 1 unspecified atom stereocenters. The van der Waals surface area contributed by atoms with Crippen LogP contribution in [-0.4, -0.2) is 31.3 Å². The first-order valence-corrected chi connectivity index (χ1v) is 7.74. The molecule has 1 aliphatic carbocycles. The Kier molecular flexibility index (Phi) is 4.90. The van der Waals surface area contributed by atoms with Crippen LogP contribution >= 0.6 is 11.3 Å². The van der Waals surface area contributed by atoms with Crippen LogP contribution in [0.15, 0.2) is 0 Å². The highest BCUT2D eigenvalue weighted by molar-refractivity contribution is 7.15. The van der Waals surface area contributed by atoms with Crippen molar-refractivity contribution in [2.24, 2.45) is 0 Å². The molecule has 0 bridgehead atoms. The highest BCUT2D eigenvalue weighted by atomic mass is 32.1. The van der Waals surface area contributed by atoms with Gasteiger partial charge < -0.3 is 10.2 Å². The Bertz CT molecular complexity index is 445. The molecule has 0 saturated heterocycles. The molecule has 0 aliphatic heterocycles. The van der Waals surface area contributed by atoms with Crippen molar-refractivity contribution in [1.82, 2.24) is 10.3 Å². The SMILES string of the molecule is CCCN(CC(F)(F)F)c1nc2c(s1)CCCC2NC. The minimum atomic E-state index is -4.19. The van der Waals surface area contributed by atoms with Gasteiger partial charge >= 0.3 is 6.18 Å². The number of nitrogens with zero attached hydrogens (tertiary/aromatic N) is 2. The predicted octanol–water partition coefficient (Wildman–Crippen LogP) is 3.52. The van der Waals surface area contributed by atoms with E-state index >= 15 is 0 Å². The van der Waals surface area contributed by atoms with Crippen molar-refractivity contribution in [3.63, 3.8) is 0 Å². The van der Waals surface area contributed by atoms with Crippen LogP contribution in [0.4, 0.5) is 18.3 Å². The summed E-state index contributed by atoms with van der Waals surface area (Å²) in [5.41, 5.74) is 0.946. The van der Waals surface area contributed by atoms with Gasteiger partial charge in [0.25, 0.3) is 0 Å². The summed E-state index contributed by atoms with van der Waals surface area (Å²) in [7, 11) is 1.87. The average molecular weight is 307 g/mol. The fourth-order valence-electron chi connectivity index (χ4n) is 2.55. The largest absolute Gasteiger partial charge is 0.406 e. The Hall–Kier alpha value is -0.820. The number of anilines is 1. The summed E-state index contributed by atoms with van der Waals surface area (Å²) in [6.45, 7) is 1.35. The van der Waals surface area contributed by atoms with Crippen LogP contribution < -0.4 is 10.2 Å². The normalized spacial score (nSPS) is 18.9. The van der Waals surface area contributed by atoms with Crippen molar-refractivity contribution in [2.75, 3.05) is 25.0 Å². The molecule has 0 saturated carbocycles. The van der Waals surface area contributed by atoms with Gasteiger partial charge in [0.15, 0.2) is 5.13 Å². The fraction of sp³-hybridized carbons (Fsp3) is 0.769. The fourth-order valence-corrected chi connectivity index (χ4v) is 3.74. The molecular formula is C13H20F3N3S. The number of aryl methyl sites for hydroxylation is 1. The summed E-state index contributed by atoms with van der Waals surface area (Å²) in [6, 6.07) is 0.179. The van der Waals surface area contributed by atoms with Gasteiger partial charge in [-0.1, -0.05) is 6.92 Å². The zero-order valence-corrected chi connectivity index (χ0v) is 12.6. The summed E-state index contributed by atoms with van der Waals surface area (Å²) in [5.74, 6) is 0. The molecule has 7 heteroatoms. The van der Waals surface area contributed by atoms with Crippen LogP contribution in [0.1, 0.15) is 42.8 Å². The maximum atomic E-state index is 12.7. The van der Waals surface area contributed by atoms with E-state index in [1.54, 1.807) is 0 Å². The lowest BCUT2D eigenvalue weighted by Crippen LogP contribution is -2.34. The molecule has 1 aromatic heterocycles. The van der Waals surface area contributed by atoms with E-state index in [1.807, 2.05) is 14.0 Å². The molecule has 0 fully saturated rings. The Morgan fingerprint density at radius 1 is 1.45 bits per heavy atom. The van der Waals surface area contributed by atoms with Gasteiger partial charge in [0.1, 0.15) is 6.54 Å². The number of hydrogen-bond donors (Lipinski definition) is 1. The summed E-state index contributed by atoms with van der Waals surface area (Å²) in [5, 5.41) is 3.71. The van der Waals surface area contributed by atoms with Crippen molar-refractivity contribution in [3.05, 3.63) is 10.6 Å². The molecule has 0 amide bonds. The van der Waals surface area contributed by atoms with Crippen molar-refractivity contribution in [3.8, 4) is 0 Å². The van der Waals surface area contributed by atoms with Crippen LogP contribution in [0, 0.1) is 0 Å². The molecule has 1 aromatic rings. The zero-order chi connectivity index (χ0) is 14.8. The Morgan fingerprint density at radius 2 is 2.20 bits per heavy atom. The number of halogens is 3. The maximum Gasteiger partial charge on any atom is 0.406 e. The lowest BCUT2D eigenvalue weighted by molar-refractivity contribution is -0.119. The van der Waals surface area contributed by atoms with E-state index in [4.69, 9.17) is 0 Å². The first kappa shape index (κ1) is 15.6. The molecule has 1 atom stereocenters. The van der Waals surface area contributed by atoms with Crippen molar-refractivity contribution < 1.29 is 13.2 Å². The molecule has 3 nitrogen and oxygen atoms in total. The minimum Gasteiger partial charge on any atom is -0.339 e. The van der Waals surface area contributed by atoms with Gasteiger partial charge in [0.2, 0.25) is 0 Å². The summed E-state index contributed by atoms with van der Waals surface area (Å²) in [4.78, 5) is 6.98. The van der Waals surface area contributed by atoms with Gasteiger partial charge in [0.05, 0.1) is 11.7 Å². The smallest absolute Gasteiger partial charge is 0.339 e. The van der Waals surface area contributed by atoms with Gasteiger partial charge in [-0.3, -0.25) is 0 Å².